The monoisotopic (exact) mass is 136 g/mol. The predicted octanol–water partition coefficient (Wildman–Crippen LogP) is 1.20. The molecular formula is C8H12N2. The fourth-order valence-corrected chi connectivity index (χ4v) is 2.28. The lowest BCUT2D eigenvalue weighted by atomic mass is 10.0. The van der Waals surface area contributed by atoms with Crippen molar-refractivity contribution < 1.29 is 0 Å². The molecular weight excluding hydrogens is 124 g/mol. The molecule has 1 heterocycles. The van der Waals surface area contributed by atoms with E-state index in [4.69, 9.17) is 5.26 Å². The van der Waals surface area contributed by atoms with Crippen LogP contribution < -0.4 is 0 Å². The van der Waals surface area contributed by atoms with Crippen molar-refractivity contribution >= 4 is 0 Å². The van der Waals surface area contributed by atoms with Gasteiger partial charge in [-0.05, 0) is 17.3 Å². The van der Waals surface area contributed by atoms with Gasteiger partial charge in [0.2, 0.25) is 0 Å². The van der Waals surface area contributed by atoms with Crippen LogP contribution in [0.4, 0.5) is 0 Å². The Morgan fingerprint density at radius 1 is 1.30 bits per heavy atom. The molecule has 2 nitrogen and oxygen atoms in total. The number of hydrogen-bond donors (Lipinski definition) is 0. The number of hydrogen-bond acceptors (Lipinski definition) is 2. The van der Waals surface area contributed by atoms with Crippen LogP contribution in [-0.2, 0) is 0 Å². The van der Waals surface area contributed by atoms with E-state index < -0.39 is 0 Å². The topological polar surface area (TPSA) is 27.0 Å². The van der Waals surface area contributed by atoms with E-state index in [2.05, 4.69) is 20.0 Å². The first-order chi connectivity index (χ1) is 4.60. The molecule has 1 saturated carbocycles. The zero-order chi connectivity index (χ0) is 7.41. The Morgan fingerprint density at radius 2 is 1.80 bits per heavy atom. The van der Waals surface area contributed by atoms with E-state index in [0.717, 1.165) is 13.1 Å². The molecule has 2 aliphatic rings. The molecule has 2 atom stereocenters. The van der Waals surface area contributed by atoms with Crippen molar-refractivity contribution in [2.45, 2.75) is 20.3 Å². The molecule has 10 heavy (non-hydrogen) atoms. The summed E-state index contributed by atoms with van der Waals surface area (Å²) in [5.41, 5.74) is 0.950. The molecule has 0 amide bonds. The van der Waals surface area contributed by atoms with Gasteiger partial charge in [-0.2, -0.15) is 5.26 Å². The Morgan fingerprint density at radius 3 is 2.10 bits per heavy atom. The van der Waals surface area contributed by atoms with Gasteiger partial charge in [-0.15, -0.1) is 0 Å². The van der Waals surface area contributed by atoms with Crippen molar-refractivity contribution in [1.82, 2.24) is 4.90 Å². The third-order valence-corrected chi connectivity index (χ3v) is 3.33. The molecule has 0 N–H and O–H groups in total. The third-order valence-electron chi connectivity index (χ3n) is 3.33. The molecule has 0 spiro atoms. The molecule has 1 aliphatic carbocycles. The lowest BCUT2D eigenvalue weighted by molar-refractivity contribution is 0.389. The molecule has 2 fully saturated rings. The molecule has 0 radical (unpaired) electrons. The minimum atomic E-state index is 0.475. The van der Waals surface area contributed by atoms with Gasteiger partial charge in [0.25, 0.3) is 0 Å². The van der Waals surface area contributed by atoms with Gasteiger partial charge in [0.1, 0.15) is 0 Å². The van der Waals surface area contributed by atoms with Crippen LogP contribution in [-0.4, -0.2) is 18.0 Å². The molecule has 0 aromatic carbocycles. The van der Waals surface area contributed by atoms with Crippen molar-refractivity contribution in [3.05, 3.63) is 0 Å². The van der Waals surface area contributed by atoms with Crippen molar-refractivity contribution in [3.8, 4) is 6.19 Å². The van der Waals surface area contributed by atoms with Crippen LogP contribution in [0.15, 0.2) is 0 Å². The fourth-order valence-electron chi connectivity index (χ4n) is 2.28. The Hall–Kier alpha value is -0.710. The van der Waals surface area contributed by atoms with Crippen molar-refractivity contribution in [3.63, 3.8) is 0 Å². The van der Waals surface area contributed by atoms with Crippen LogP contribution in [0.1, 0.15) is 20.3 Å². The van der Waals surface area contributed by atoms with E-state index in [9.17, 15) is 0 Å². The van der Waals surface area contributed by atoms with Crippen LogP contribution in [0.25, 0.3) is 0 Å². The van der Waals surface area contributed by atoms with Crippen molar-refractivity contribution in [2.24, 2.45) is 10.8 Å². The second-order valence-electron chi connectivity index (χ2n) is 4.25. The Kier molecular flexibility index (Phi) is 0.794. The lowest BCUT2D eigenvalue weighted by Gasteiger charge is -2.10. The second kappa shape index (κ2) is 1.32. The summed E-state index contributed by atoms with van der Waals surface area (Å²) in [7, 11) is 0. The highest BCUT2D eigenvalue weighted by Crippen LogP contribution is 2.67. The van der Waals surface area contributed by atoms with E-state index >= 15 is 0 Å². The summed E-state index contributed by atoms with van der Waals surface area (Å²) in [6, 6.07) is 0. The van der Waals surface area contributed by atoms with Crippen LogP contribution in [0.3, 0.4) is 0 Å². The van der Waals surface area contributed by atoms with Gasteiger partial charge in [0.15, 0.2) is 6.19 Å². The van der Waals surface area contributed by atoms with Gasteiger partial charge < -0.3 is 4.90 Å². The predicted molar refractivity (Wildman–Crippen MR) is 38.0 cm³/mol. The minimum absolute atomic E-state index is 0.475. The van der Waals surface area contributed by atoms with E-state index in [0.29, 0.717) is 10.8 Å². The average molecular weight is 136 g/mol. The summed E-state index contributed by atoms with van der Waals surface area (Å²) in [4.78, 5) is 1.88. The van der Waals surface area contributed by atoms with Gasteiger partial charge >= 0.3 is 0 Å². The maximum atomic E-state index is 8.61. The Bertz CT molecular complexity index is 202. The molecule has 0 aromatic rings. The van der Waals surface area contributed by atoms with Gasteiger partial charge in [-0.1, -0.05) is 13.8 Å². The van der Waals surface area contributed by atoms with E-state index in [1.54, 1.807) is 0 Å². The highest BCUT2D eigenvalue weighted by molar-refractivity contribution is 5.18. The number of rotatable bonds is 0. The molecule has 2 rings (SSSR count). The number of fused-ring (bicyclic) bond motifs is 1. The zero-order valence-corrected chi connectivity index (χ0v) is 6.52. The van der Waals surface area contributed by atoms with Gasteiger partial charge in [-0.3, -0.25) is 0 Å². The normalized spacial score (nSPS) is 50.3. The van der Waals surface area contributed by atoms with Gasteiger partial charge in [0, 0.05) is 13.1 Å². The minimum Gasteiger partial charge on any atom is -0.309 e. The van der Waals surface area contributed by atoms with Crippen LogP contribution >= 0.6 is 0 Å². The fraction of sp³-hybridized carbons (Fsp3) is 0.875. The van der Waals surface area contributed by atoms with Crippen molar-refractivity contribution in [1.29, 1.82) is 5.26 Å². The summed E-state index contributed by atoms with van der Waals surface area (Å²) >= 11 is 0. The lowest BCUT2D eigenvalue weighted by Crippen LogP contribution is -2.18. The first kappa shape index (κ1) is 6.03. The van der Waals surface area contributed by atoms with E-state index in [1.807, 2.05) is 4.90 Å². The van der Waals surface area contributed by atoms with Crippen LogP contribution in [0.5, 0.6) is 0 Å². The summed E-state index contributed by atoms with van der Waals surface area (Å²) in [5, 5.41) is 8.61. The highest BCUT2D eigenvalue weighted by Gasteiger charge is 2.66. The van der Waals surface area contributed by atoms with Gasteiger partial charge in [0.05, 0.1) is 0 Å². The smallest absolute Gasteiger partial charge is 0.179 e. The summed E-state index contributed by atoms with van der Waals surface area (Å²) in [6.07, 6.45) is 3.53. The maximum absolute atomic E-state index is 8.61. The quantitative estimate of drug-likeness (QED) is 0.468. The second-order valence-corrected chi connectivity index (χ2v) is 4.25. The molecule has 2 unspecified atom stereocenters. The summed E-state index contributed by atoms with van der Waals surface area (Å²) < 4.78 is 0. The summed E-state index contributed by atoms with van der Waals surface area (Å²) in [6.45, 7) is 6.54. The van der Waals surface area contributed by atoms with Gasteiger partial charge in [-0.25, -0.2) is 0 Å². The van der Waals surface area contributed by atoms with Crippen LogP contribution in [0, 0.1) is 22.3 Å². The SMILES string of the molecule is CC12CN(C#N)CC1(C)C2. The molecule has 1 aliphatic heterocycles. The Balaban J connectivity index is 2.18. The maximum Gasteiger partial charge on any atom is 0.179 e. The average Bonchev–Trinajstić information content (AvgIpc) is 2.24. The largest absolute Gasteiger partial charge is 0.309 e. The summed E-state index contributed by atoms with van der Waals surface area (Å²) in [5.74, 6) is 0. The van der Waals surface area contributed by atoms with E-state index in [-0.39, 0.29) is 0 Å². The zero-order valence-electron chi connectivity index (χ0n) is 6.52. The third kappa shape index (κ3) is 0.489. The van der Waals surface area contributed by atoms with Crippen LogP contribution in [0.2, 0.25) is 0 Å². The van der Waals surface area contributed by atoms with E-state index in [1.165, 1.54) is 6.42 Å². The first-order valence-corrected chi connectivity index (χ1v) is 3.74. The molecule has 54 valence electrons. The first-order valence-electron chi connectivity index (χ1n) is 3.74. The standard InChI is InChI=1S/C8H12N2/c1-7-3-8(7,2)5-10(4-7)6-9/h3-5H2,1-2H3. The molecule has 0 aromatic heterocycles. The highest BCUT2D eigenvalue weighted by atomic mass is 15.2. The number of nitrogens with zero attached hydrogens (tertiary/aromatic N) is 2. The number of nitriles is 1. The number of likely N-dealkylation sites (tertiary alicyclic amines) is 1. The molecule has 1 saturated heterocycles. The Labute approximate surface area is 61.4 Å². The molecule has 0 bridgehead atoms. The number of piperidine rings is 1. The molecule has 2 heteroatoms. The van der Waals surface area contributed by atoms with Crippen molar-refractivity contribution in [2.75, 3.05) is 13.1 Å².